The van der Waals surface area contributed by atoms with E-state index in [0.717, 1.165) is 36.8 Å². The smallest absolute Gasteiger partial charge is 0.365 e. The van der Waals surface area contributed by atoms with E-state index in [2.05, 4.69) is 26.8 Å². The van der Waals surface area contributed by atoms with Crippen LogP contribution in [0.15, 0.2) is 12.1 Å². The summed E-state index contributed by atoms with van der Waals surface area (Å²) in [6.07, 6.45) is 1.26. The molecule has 0 atom stereocenters. The number of aromatic nitrogens is 2. The van der Waals surface area contributed by atoms with E-state index >= 15 is 0 Å². The zero-order valence-electron chi connectivity index (χ0n) is 11.7. The van der Waals surface area contributed by atoms with E-state index in [0.29, 0.717) is 15.8 Å². The van der Waals surface area contributed by atoms with E-state index in [1.165, 1.54) is 13.0 Å². The molecular weight excluding hydrogens is 288 g/mol. The highest BCUT2D eigenvalue weighted by molar-refractivity contribution is 7.19. The summed E-state index contributed by atoms with van der Waals surface area (Å²) in [7, 11) is 2.17. The second-order valence-electron chi connectivity index (χ2n) is 6.16. The van der Waals surface area contributed by atoms with Gasteiger partial charge >= 0.3 is 5.97 Å². The Morgan fingerprint density at radius 3 is 2.81 bits per heavy atom. The molecule has 0 radical (unpaired) electrons. The van der Waals surface area contributed by atoms with Crippen molar-refractivity contribution in [3.05, 3.63) is 17.1 Å². The Morgan fingerprint density at radius 1 is 1.33 bits per heavy atom. The molecule has 2 aromatic heterocycles. The second kappa shape index (κ2) is 4.38. The lowest BCUT2D eigenvalue weighted by Crippen LogP contribution is -2.57. The van der Waals surface area contributed by atoms with Crippen molar-refractivity contribution in [2.45, 2.75) is 6.42 Å². The molecule has 2 aliphatic rings. The second-order valence-corrected chi connectivity index (χ2v) is 7.14. The van der Waals surface area contributed by atoms with Crippen LogP contribution in [0.2, 0.25) is 0 Å². The summed E-state index contributed by atoms with van der Waals surface area (Å²) in [6.45, 7) is 4.42. The first kappa shape index (κ1) is 13.0. The summed E-state index contributed by atoms with van der Waals surface area (Å²) in [5.41, 5.74) is 1.10. The maximum absolute atomic E-state index is 11.0. The van der Waals surface area contributed by atoms with E-state index in [4.69, 9.17) is 5.11 Å². The third-order valence-corrected chi connectivity index (χ3v) is 5.38. The average Bonchev–Trinajstić information content (AvgIpc) is 2.99. The molecule has 0 aromatic carbocycles. The van der Waals surface area contributed by atoms with Crippen molar-refractivity contribution in [2.75, 3.05) is 38.1 Å². The van der Waals surface area contributed by atoms with Gasteiger partial charge in [-0.05, 0) is 32.1 Å². The Hall–Kier alpha value is -1.73. The van der Waals surface area contributed by atoms with Crippen LogP contribution in [0.5, 0.6) is 0 Å². The normalized spacial score (nSPS) is 21.1. The predicted octanol–water partition coefficient (Wildman–Crippen LogP) is 1.53. The molecule has 0 bridgehead atoms. The van der Waals surface area contributed by atoms with Crippen LogP contribution >= 0.6 is 11.3 Å². The molecule has 110 valence electrons. The fraction of sp³-hybridized carbons (Fsp3) is 0.500. The van der Waals surface area contributed by atoms with E-state index in [-0.39, 0.29) is 5.01 Å². The number of pyridine rings is 1. The van der Waals surface area contributed by atoms with Gasteiger partial charge in [0.15, 0.2) is 0 Å². The topological polar surface area (TPSA) is 69.6 Å². The van der Waals surface area contributed by atoms with Gasteiger partial charge < -0.3 is 14.9 Å². The predicted molar refractivity (Wildman–Crippen MR) is 81.1 cm³/mol. The van der Waals surface area contributed by atoms with Crippen LogP contribution < -0.4 is 4.90 Å². The van der Waals surface area contributed by atoms with Gasteiger partial charge in [-0.3, -0.25) is 0 Å². The van der Waals surface area contributed by atoms with Gasteiger partial charge in [-0.1, -0.05) is 11.3 Å². The number of rotatable bonds is 2. The highest BCUT2D eigenvalue weighted by atomic mass is 32.1. The standard InChI is InChI=1S/C14H16N4O2S/c1-17-5-4-14(6-17)7-18(8-14)10-3-2-9-11(16-10)21-12(15-9)13(19)20/h2-3H,4-8H2,1H3,(H,19,20). The van der Waals surface area contributed by atoms with Gasteiger partial charge in [-0.25, -0.2) is 14.8 Å². The summed E-state index contributed by atoms with van der Waals surface area (Å²) in [5.74, 6) is -0.0558. The van der Waals surface area contributed by atoms with Gasteiger partial charge in [-0.2, -0.15) is 0 Å². The van der Waals surface area contributed by atoms with Crippen molar-refractivity contribution in [1.82, 2.24) is 14.9 Å². The molecule has 0 aliphatic carbocycles. The number of carboxylic acid groups (broad SMARTS) is 1. The molecule has 2 aromatic rings. The Morgan fingerprint density at radius 2 is 2.14 bits per heavy atom. The summed E-state index contributed by atoms with van der Waals surface area (Å²) >= 11 is 1.14. The molecule has 2 aliphatic heterocycles. The highest BCUT2D eigenvalue weighted by Gasteiger charge is 2.47. The molecule has 0 unspecified atom stereocenters. The molecular formula is C14H16N4O2S. The lowest BCUT2D eigenvalue weighted by molar-refractivity contribution is 0.0696. The molecule has 4 heterocycles. The number of thiazole rings is 1. The Kier molecular flexibility index (Phi) is 2.71. The zero-order valence-corrected chi connectivity index (χ0v) is 12.6. The van der Waals surface area contributed by atoms with Gasteiger partial charge in [0.25, 0.3) is 0 Å². The van der Waals surface area contributed by atoms with Crippen molar-refractivity contribution in [3.8, 4) is 0 Å². The Bertz CT molecular complexity index is 723. The van der Waals surface area contributed by atoms with E-state index < -0.39 is 5.97 Å². The van der Waals surface area contributed by atoms with Gasteiger partial charge in [0.05, 0.1) is 0 Å². The molecule has 21 heavy (non-hydrogen) atoms. The van der Waals surface area contributed by atoms with Crippen molar-refractivity contribution >= 4 is 33.5 Å². The average molecular weight is 304 g/mol. The molecule has 0 amide bonds. The van der Waals surface area contributed by atoms with Crippen LogP contribution in [0.25, 0.3) is 10.3 Å². The van der Waals surface area contributed by atoms with Crippen LogP contribution in [0.4, 0.5) is 5.82 Å². The molecule has 1 N–H and O–H groups in total. The minimum atomic E-state index is -0.989. The number of likely N-dealkylation sites (tertiary alicyclic amines) is 1. The lowest BCUT2D eigenvalue weighted by atomic mass is 9.79. The SMILES string of the molecule is CN1CCC2(C1)CN(c1ccc3nc(C(=O)O)sc3n1)C2. The fourth-order valence-corrected chi connectivity index (χ4v) is 4.19. The molecule has 7 heteroatoms. The number of nitrogens with zero attached hydrogens (tertiary/aromatic N) is 4. The molecule has 1 spiro atoms. The maximum Gasteiger partial charge on any atom is 0.365 e. The summed E-state index contributed by atoms with van der Waals surface area (Å²) in [6, 6.07) is 3.81. The van der Waals surface area contributed by atoms with Crippen molar-refractivity contribution < 1.29 is 9.90 Å². The zero-order chi connectivity index (χ0) is 14.6. The quantitative estimate of drug-likeness (QED) is 0.907. The van der Waals surface area contributed by atoms with Crippen molar-refractivity contribution in [3.63, 3.8) is 0 Å². The number of hydrogen-bond acceptors (Lipinski definition) is 6. The first-order chi connectivity index (χ1) is 10.0. The van der Waals surface area contributed by atoms with Crippen molar-refractivity contribution in [2.24, 2.45) is 5.41 Å². The molecule has 2 saturated heterocycles. The summed E-state index contributed by atoms with van der Waals surface area (Å²) in [5, 5.41) is 9.09. The third kappa shape index (κ3) is 2.08. The number of fused-ring (bicyclic) bond motifs is 1. The maximum atomic E-state index is 11.0. The number of aromatic carboxylic acids is 1. The number of carbonyl (C=O) groups is 1. The Balaban J connectivity index is 1.56. The molecule has 2 fully saturated rings. The minimum Gasteiger partial charge on any atom is -0.476 e. The van der Waals surface area contributed by atoms with E-state index in [9.17, 15) is 4.79 Å². The van der Waals surface area contributed by atoms with Crippen LogP contribution in [0.3, 0.4) is 0 Å². The molecule has 4 rings (SSSR count). The number of anilines is 1. The van der Waals surface area contributed by atoms with Crippen molar-refractivity contribution in [1.29, 1.82) is 0 Å². The first-order valence-electron chi connectivity index (χ1n) is 6.99. The molecule has 0 saturated carbocycles. The fourth-order valence-electron chi connectivity index (χ4n) is 3.42. The summed E-state index contributed by atoms with van der Waals surface area (Å²) in [4.78, 5) is 25.0. The highest BCUT2D eigenvalue weighted by Crippen LogP contribution is 2.41. The number of hydrogen-bond donors (Lipinski definition) is 1. The number of carboxylic acids is 1. The Labute approximate surface area is 126 Å². The van der Waals surface area contributed by atoms with Crippen LogP contribution in [0.1, 0.15) is 16.2 Å². The van der Waals surface area contributed by atoms with Gasteiger partial charge in [0.2, 0.25) is 5.01 Å². The summed E-state index contributed by atoms with van der Waals surface area (Å²) < 4.78 is 0. The molecule has 6 nitrogen and oxygen atoms in total. The van der Waals surface area contributed by atoms with Gasteiger partial charge in [0.1, 0.15) is 16.2 Å². The van der Waals surface area contributed by atoms with Crippen LogP contribution in [-0.2, 0) is 0 Å². The van der Waals surface area contributed by atoms with Crippen LogP contribution in [0, 0.1) is 5.41 Å². The monoisotopic (exact) mass is 304 g/mol. The minimum absolute atomic E-state index is 0.104. The van der Waals surface area contributed by atoms with Gasteiger partial charge in [-0.15, -0.1) is 0 Å². The third-order valence-electron chi connectivity index (χ3n) is 4.43. The first-order valence-corrected chi connectivity index (χ1v) is 7.81. The van der Waals surface area contributed by atoms with E-state index in [1.807, 2.05) is 12.1 Å². The lowest BCUT2D eigenvalue weighted by Gasteiger charge is -2.48. The van der Waals surface area contributed by atoms with Crippen LogP contribution in [-0.4, -0.2) is 59.2 Å². The largest absolute Gasteiger partial charge is 0.476 e. The van der Waals surface area contributed by atoms with Gasteiger partial charge in [0, 0.05) is 25.0 Å². The van der Waals surface area contributed by atoms with E-state index in [1.54, 1.807) is 0 Å².